The first kappa shape index (κ1) is 8.50. The van der Waals surface area contributed by atoms with E-state index in [4.69, 9.17) is 16.7 Å². The van der Waals surface area contributed by atoms with Gasteiger partial charge in [-0.15, -0.1) is 0 Å². The van der Waals surface area contributed by atoms with E-state index in [0.29, 0.717) is 11.5 Å². The topological polar surface area (TPSA) is 37.3 Å². The van der Waals surface area contributed by atoms with Crippen LogP contribution in [0.3, 0.4) is 0 Å². The Hall–Kier alpha value is -0.500. The third-order valence-corrected chi connectivity index (χ3v) is 1.59. The number of carboxylic acids is 1. The Balaban J connectivity index is 4.28. The zero-order valence-corrected chi connectivity index (χ0v) is 6.20. The van der Waals surface area contributed by atoms with E-state index >= 15 is 0 Å². The molecule has 0 amide bonds. The summed E-state index contributed by atoms with van der Waals surface area (Å²) in [6, 6.07) is 0. The van der Waals surface area contributed by atoms with Gasteiger partial charge in [0.2, 0.25) is 0 Å². The Morgan fingerprint density at radius 1 is 1.67 bits per heavy atom. The molecule has 0 bridgehead atoms. The number of hydrogen-bond donors (Lipinski definition) is 1. The van der Waals surface area contributed by atoms with Crippen LogP contribution in [0.5, 0.6) is 0 Å². The summed E-state index contributed by atoms with van der Waals surface area (Å²) in [6.07, 6.45) is 0.583. The average molecular weight is 149 g/mol. The van der Waals surface area contributed by atoms with Gasteiger partial charge in [-0.3, -0.25) is 0 Å². The van der Waals surface area contributed by atoms with Gasteiger partial charge < -0.3 is 5.11 Å². The molecule has 9 heavy (non-hydrogen) atoms. The van der Waals surface area contributed by atoms with Crippen LogP contribution in [0.25, 0.3) is 0 Å². The lowest BCUT2D eigenvalue weighted by atomic mass is 10.2. The van der Waals surface area contributed by atoms with Crippen LogP contribution in [0.15, 0.2) is 10.6 Å². The van der Waals surface area contributed by atoms with Crippen LogP contribution in [0.1, 0.15) is 20.3 Å². The minimum absolute atomic E-state index is 0.235. The number of rotatable bonds is 2. The van der Waals surface area contributed by atoms with E-state index in [2.05, 4.69) is 0 Å². The van der Waals surface area contributed by atoms with Gasteiger partial charge in [0.05, 0.1) is 0 Å². The fourth-order valence-electron chi connectivity index (χ4n) is 0.381. The van der Waals surface area contributed by atoms with Crippen molar-refractivity contribution in [3.8, 4) is 0 Å². The van der Waals surface area contributed by atoms with Gasteiger partial charge in [-0.05, 0) is 13.3 Å². The van der Waals surface area contributed by atoms with Gasteiger partial charge >= 0.3 is 5.97 Å². The molecule has 0 saturated heterocycles. The van der Waals surface area contributed by atoms with E-state index < -0.39 is 5.97 Å². The van der Waals surface area contributed by atoms with Gasteiger partial charge in [0.15, 0.2) is 0 Å². The average Bonchev–Trinajstić information content (AvgIpc) is 1.84. The molecule has 0 aromatic rings. The summed E-state index contributed by atoms with van der Waals surface area (Å²) < 4.78 is 0. The molecule has 0 saturated carbocycles. The second-order valence-corrected chi connectivity index (χ2v) is 2.14. The van der Waals surface area contributed by atoms with Gasteiger partial charge in [0.1, 0.15) is 0 Å². The first-order valence-electron chi connectivity index (χ1n) is 2.68. The van der Waals surface area contributed by atoms with Crippen LogP contribution in [-0.2, 0) is 4.79 Å². The monoisotopic (exact) mass is 148 g/mol. The molecule has 0 radical (unpaired) electrons. The highest BCUT2D eigenvalue weighted by Crippen LogP contribution is 2.12. The van der Waals surface area contributed by atoms with Crippen LogP contribution >= 0.6 is 11.6 Å². The second-order valence-electron chi connectivity index (χ2n) is 1.69. The Labute approximate surface area is 59.1 Å². The quantitative estimate of drug-likeness (QED) is 0.609. The number of hydrogen-bond acceptors (Lipinski definition) is 1. The van der Waals surface area contributed by atoms with Gasteiger partial charge in [-0.2, -0.15) is 0 Å². The zero-order chi connectivity index (χ0) is 7.44. The molecule has 0 heterocycles. The van der Waals surface area contributed by atoms with E-state index in [9.17, 15) is 4.79 Å². The number of aliphatic carboxylic acids is 1. The third-order valence-electron chi connectivity index (χ3n) is 1.04. The Kier molecular flexibility index (Phi) is 3.32. The van der Waals surface area contributed by atoms with Gasteiger partial charge in [-0.25, -0.2) is 4.79 Å². The van der Waals surface area contributed by atoms with Crippen molar-refractivity contribution in [1.29, 1.82) is 0 Å². The summed E-state index contributed by atoms with van der Waals surface area (Å²) in [4.78, 5) is 10.2. The molecule has 0 spiro atoms. The van der Waals surface area contributed by atoms with Gasteiger partial charge in [0.25, 0.3) is 0 Å². The van der Waals surface area contributed by atoms with Crippen molar-refractivity contribution in [1.82, 2.24) is 0 Å². The zero-order valence-electron chi connectivity index (χ0n) is 5.44. The van der Waals surface area contributed by atoms with E-state index in [-0.39, 0.29) is 5.57 Å². The van der Waals surface area contributed by atoms with Gasteiger partial charge in [-0.1, -0.05) is 18.5 Å². The van der Waals surface area contributed by atoms with E-state index in [1.807, 2.05) is 6.92 Å². The van der Waals surface area contributed by atoms with Crippen molar-refractivity contribution in [2.45, 2.75) is 20.3 Å². The predicted octanol–water partition coefficient (Wildman–Crippen LogP) is 1.99. The summed E-state index contributed by atoms with van der Waals surface area (Å²) >= 11 is 5.51. The van der Waals surface area contributed by atoms with Crippen molar-refractivity contribution in [3.63, 3.8) is 0 Å². The molecule has 1 N–H and O–H groups in total. The van der Waals surface area contributed by atoms with E-state index in [0.717, 1.165) is 0 Å². The maximum Gasteiger partial charge on any atom is 0.332 e. The maximum absolute atomic E-state index is 10.2. The number of carboxylic acid groups (broad SMARTS) is 1. The van der Waals surface area contributed by atoms with Crippen molar-refractivity contribution in [3.05, 3.63) is 10.6 Å². The molecule has 2 nitrogen and oxygen atoms in total. The minimum atomic E-state index is -0.943. The number of halogens is 1. The molecular weight excluding hydrogens is 140 g/mol. The van der Waals surface area contributed by atoms with Crippen LogP contribution in [0, 0.1) is 0 Å². The van der Waals surface area contributed by atoms with Crippen molar-refractivity contribution >= 4 is 17.6 Å². The number of allylic oxidation sites excluding steroid dienone is 1. The summed E-state index contributed by atoms with van der Waals surface area (Å²) in [5.74, 6) is -0.943. The van der Waals surface area contributed by atoms with Crippen molar-refractivity contribution in [2.75, 3.05) is 0 Å². The van der Waals surface area contributed by atoms with Crippen LogP contribution in [0.2, 0.25) is 0 Å². The maximum atomic E-state index is 10.2. The normalized spacial score (nSPS) is 12.8. The molecular formula is C6H9ClO2. The molecule has 0 aliphatic heterocycles. The number of carbonyl (C=O) groups is 1. The molecule has 0 aromatic heterocycles. The fourth-order valence-corrected chi connectivity index (χ4v) is 0.462. The molecule has 0 unspecified atom stereocenters. The molecule has 0 fully saturated rings. The lowest BCUT2D eigenvalue weighted by Gasteiger charge is -1.94. The summed E-state index contributed by atoms with van der Waals surface area (Å²) in [5, 5.41) is 8.76. The van der Waals surface area contributed by atoms with E-state index in [1.165, 1.54) is 6.92 Å². The van der Waals surface area contributed by atoms with Crippen molar-refractivity contribution < 1.29 is 9.90 Å². The molecule has 0 atom stereocenters. The van der Waals surface area contributed by atoms with Crippen LogP contribution < -0.4 is 0 Å². The third kappa shape index (κ3) is 2.51. The smallest absolute Gasteiger partial charge is 0.332 e. The van der Waals surface area contributed by atoms with Crippen molar-refractivity contribution in [2.24, 2.45) is 0 Å². The molecule has 3 heteroatoms. The molecule has 0 aliphatic rings. The van der Waals surface area contributed by atoms with Crippen LogP contribution in [-0.4, -0.2) is 11.1 Å². The Morgan fingerprint density at radius 2 is 2.11 bits per heavy atom. The Bertz CT molecular complexity index is 149. The lowest BCUT2D eigenvalue weighted by Crippen LogP contribution is -1.97. The first-order chi connectivity index (χ1) is 4.09. The van der Waals surface area contributed by atoms with Gasteiger partial charge in [0, 0.05) is 10.6 Å². The molecule has 0 rings (SSSR count). The molecule has 0 aromatic carbocycles. The highest BCUT2D eigenvalue weighted by molar-refractivity contribution is 6.31. The predicted molar refractivity (Wildman–Crippen MR) is 36.5 cm³/mol. The largest absolute Gasteiger partial charge is 0.478 e. The lowest BCUT2D eigenvalue weighted by molar-refractivity contribution is -0.132. The van der Waals surface area contributed by atoms with Crippen LogP contribution in [0.4, 0.5) is 0 Å². The highest BCUT2D eigenvalue weighted by atomic mass is 35.5. The highest BCUT2D eigenvalue weighted by Gasteiger charge is 2.03. The summed E-state index contributed by atoms with van der Waals surface area (Å²) in [6.45, 7) is 3.31. The fraction of sp³-hybridized carbons (Fsp3) is 0.500. The SMILES string of the molecule is CC/C(Cl)=C(/C)C(=O)O. The summed E-state index contributed by atoms with van der Waals surface area (Å²) in [7, 11) is 0. The minimum Gasteiger partial charge on any atom is -0.478 e. The molecule has 0 aliphatic carbocycles. The second kappa shape index (κ2) is 3.51. The standard InChI is InChI=1S/C6H9ClO2/c1-3-5(7)4(2)6(8)9/h3H2,1-2H3,(H,8,9)/b5-4+. The first-order valence-corrected chi connectivity index (χ1v) is 3.06. The van der Waals surface area contributed by atoms with E-state index in [1.54, 1.807) is 0 Å². The summed E-state index contributed by atoms with van der Waals surface area (Å²) in [5.41, 5.74) is 0.235. The Morgan fingerprint density at radius 3 is 2.22 bits per heavy atom. The molecule has 52 valence electrons.